The summed E-state index contributed by atoms with van der Waals surface area (Å²) in [4.78, 5) is 13.6. The number of aryl methyl sites for hydroxylation is 1. The second-order valence-electron chi connectivity index (χ2n) is 3.66. The van der Waals surface area contributed by atoms with Gasteiger partial charge in [0, 0.05) is 4.88 Å². The predicted octanol–water partition coefficient (Wildman–Crippen LogP) is 3.75. The Morgan fingerprint density at radius 1 is 1.25 bits per heavy atom. The van der Waals surface area contributed by atoms with E-state index >= 15 is 0 Å². The number of methoxy groups -OCH3 is 1. The molecule has 0 amide bonds. The molecule has 0 unspecified atom stereocenters. The van der Waals surface area contributed by atoms with E-state index in [2.05, 4.69) is 0 Å². The highest BCUT2D eigenvalue weighted by molar-refractivity contribution is 7.14. The van der Waals surface area contributed by atoms with Crippen LogP contribution in [0.3, 0.4) is 0 Å². The van der Waals surface area contributed by atoms with Crippen LogP contribution in [0.5, 0.6) is 0 Å². The van der Waals surface area contributed by atoms with E-state index in [0.29, 0.717) is 0 Å². The topological polar surface area (TPSA) is 26.3 Å². The van der Waals surface area contributed by atoms with Crippen LogP contribution in [0.4, 0.5) is 0 Å². The molecule has 1 aliphatic rings. The molecule has 1 heterocycles. The normalized spacial score (nSPS) is 13.5. The van der Waals surface area contributed by atoms with Crippen LogP contribution < -0.4 is 0 Å². The number of thiophene rings is 1. The van der Waals surface area contributed by atoms with Crippen LogP contribution in [0.1, 0.15) is 52.4 Å². The summed E-state index contributed by atoms with van der Waals surface area (Å²) in [5.41, 5.74) is 2.55. The average molecular weight is 240 g/mol. The lowest BCUT2D eigenvalue weighted by molar-refractivity contribution is 0.0605. The van der Waals surface area contributed by atoms with Crippen LogP contribution in [-0.4, -0.2) is 13.1 Å². The van der Waals surface area contributed by atoms with Gasteiger partial charge in [0.1, 0.15) is 4.88 Å². The van der Waals surface area contributed by atoms with Crippen molar-refractivity contribution in [2.24, 2.45) is 0 Å². The maximum absolute atomic E-state index is 11.4. The first-order valence-corrected chi connectivity index (χ1v) is 6.75. The average Bonchev–Trinajstić information content (AvgIpc) is 2.69. The van der Waals surface area contributed by atoms with E-state index in [0.717, 1.165) is 23.3 Å². The molecule has 90 valence electrons. The van der Waals surface area contributed by atoms with E-state index < -0.39 is 0 Å². The Bertz CT molecular complexity index is 366. The summed E-state index contributed by atoms with van der Waals surface area (Å²) in [5, 5.41) is 0. The largest absolute Gasteiger partial charge is 0.465 e. The van der Waals surface area contributed by atoms with E-state index in [1.807, 2.05) is 20.8 Å². The number of hydrogen-bond acceptors (Lipinski definition) is 3. The fourth-order valence-corrected chi connectivity index (χ4v) is 3.33. The van der Waals surface area contributed by atoms with Gasteiger partial charge in [0.25, 0.3) is 0 Å². The van der Waals surface area contributed by atoms with Crippen molar-refractivity contribution in [1.82, 2.24) is 0 Å². The van der Waals surface area contributed by atoms with Gasteiger partial charge in [0.2, 0.25) is 0 Å². The number of esters is 1. The van der Waals surface area contributed by atoms with Gasteiger partial charge in [-0.2, -0.15) is 0 Å². The van der Waals surface area contributed by atoms with Gasteiger partial charge in [-0.1, -0.05) is 13.8 Å². The summed E-state index contributed by atoms with van der Waals surface area (Å²) in [6.07, 6.45) is 4.78. The first-order valence-electron chi connectivity index (χ1n) is 5.93. The molecule has 2 nitrogen and oxygen atoms in total. The molecule has 1 aromatic heterocycles. The predicted molar refractivity (Wildman–Crippen MR) is 68.4 cm³/mol. The van der Waals surface area contributed by atoms with Gasteiger partial charge >= 0.3 is 5.97 Å². The van der Waals surface area contributed by atoms with Gasteiger partial charge in [-0.05, 0) is 43.7 Å². The Morgan fingerprint density at radius 3 is 2.44 bits per heavy atom. The Labute approximate surface area is 102 Å². The zero-order valence-corrected chi connectivity index (χ0v) is 11.4. The molecule has 0 spiro atoms. The summed E-state index contributed by atoms with van der Waals surface area (Å²) in [5.74, 6) is -0.179. The molecule has 0 atom stereocenters. The van der Waals surface area contributed by atoms with E-state index in [1.54, 1.807) is 11.3 Å². The molecular weight excluding hydrogens is 220 g/mol. The Balaban J connectivity index is 0.000000606. The van der Waals surface area contributed by atoms with Gasteiger partial charge in [0.15, 0.2) is 0 Å². The van der Waals surface area contributed by atoms with Crippen LogP contribution in [0.25, 0.3) is 0 Å². The standard InChI is InChI=1S/C11H14O2S.C2H6/c1-7-8-5-3-4-6-9(8)14-10(7)11(12)13-2;1-2/h3-6H2,1-2H3;1-2H3. The second kappa shape index (κ2) is 6.04. The Morgan fingerprint density at radius 2 is 1.88 bits per heavy atom. The molecule has 0 N–H and O–H groups in total. The minimum absolute atomic E-state index is 0.179. The fourth-order valence-electron chi connectivity index (χ4n) is 2.01. The van der Waals surface area contributed by atoms with Gasteiger partial charge < -0.3 is 4.74 Å². The van der Waals surface area contributed by atoms with E-state index in [9.17, 15) is 4.79 Å². The summed E-state index contributed by atoms with van der Waals surface area (Å²) in [6, 6.07) is 0. The third kappa shape index (κ3) is 2.46. The summed E-state index contributed by atoms with van der Waals surface area (Å²) in [6.45, 7) is 6.03. The van der Waals surface area contributed by atoms with Crippen molar-refractivity contribution in [3.05, 3.63) is 20.9 Å². The molecule has 2 rings (SSSR count). The zero-order chi connectivity index (χ0) is 12.1. The van der Waals surface area contributed by atoms with E-state index in [-0.39, 0.29) is 5.97 Å². The number of hydrogen-bond donors (Lipinski definition) is 0. The highest BCUT2D eigenvalue weighted by atomic mass is 32.1. The molecule has 3 heteroatoms. The Hall–Kier alpha value is -0.830. The molecular formula is C13H20O2S. The lowest BCUT2D eigenvalue weighted by atomic mass is 9.95. The quantitative estimate of drug-likeness (QED) is 0.699. The minimum Gasteiger partial charge on any atom is -0.465 e. The van der Waals surface area contributed by atoms with Crippen molar-refractivity contribution in [1.29, 1.82) is 0 Å². The van der Waals surface area contributed by atoms with Gasteiger partial charge in [-0.15, -0.1) is 11.3 Å². The number of carbonyl (C=O) groups excluding carboxylic acids is 1. The first-order chi connectivity index (χ1) is 7.74. The van der Waals surface area contributed by atoms with E-state index in [1.165, 1.54) is 30.4 Å². The van der Waals surface area contributed by atoms with Crippen molar-refractivity contribution < 1.29 is 9.53 Å². The van der Waals surface area contributed by atoms with Crippen LogP contribution >= 0.6 is 11.3 Å². The molecule has 0 bridgehead atoms. The summed E-state index contributed by atoms with van der Waals surface area (Å²) < 4.78 is 4.77. The lowest BCUT2D eigenvalue weighted by Crippen LogP contribution is -2.02. The SMILES string of the molecule is CC.COC(=O)c1sc2c(c1C)CCCC2. The number of fused-ring (bicyclic) bond motifs is 1. The van der Waals surface area contributed by atoms with Crippen LogP contribution in [0.2, 0.25) is 0 Å². The minimum atomic E-state index is -0.179. The molecule has 1 aliphatic carbocycles. The highest BCUT2D eigenvalue weighted by Crippen LogP contribution is 2.34. The van der Waals surface area contributed by atoms with Crippen molar-refractivity contribution in [3.8, 4) is 0 Å². The monoisotopic (exact) mass is 240 g/mol. The molecule has 0 aliphatic heterocycles. The summed E-state index contributed by atoms with van der Waals surface area (Å²) in [7, 11) is 1.44. The van der Waals surface area contributed by atoms with Crippen molar-refractivity contribution in [2.75, 3.05) is 7.11 Å². The number of rotatable bonds is 1. The molecule has 1 aromatic rings. The van der Waals surface area contributed by atoms with Crippen LogP contribution in [-0.2, 0) is 17.6 Å². The molecule has 0 fully saturated rings. The van der Waals surface area contributed by atoms with Crippen molar-refractivity contribution in [3.63, 3.8) is 0 Å². The fraction of sp³-hybridized carbons (Fsp3) is 0.615. The van der Waals surface area contributed by atoms with Gasteiger partial charge in [-0.25, -0.2) is 4.79 Å². The zero-order valence-electron chi connectivity index (χ0n) is 10.6. The third-order valence-electron chi connectivity index (χ3n) is 2.81. The lowest BCUT2D eigenvalue weighted by Gasteiger charge is -2.10. The number of ether oxygens (including phenoxy) is 1. The molecule has 16 heavy (non-hydrogen) atoms. The van der Waals surface area contributed by atoms with Crippen LogP contribution in [0.15, 0.2) is 0 Å². The highest BCUT2D eigenvalue weighted by Gasteiger charge is 2.21. The molecule has 0 radical (unpaired) electrons. The Kier molecular flexibility index (Phi) is 5.00. The molecule has 0 saturated heterocycles. The maximum Gasteiger partial charge on any atom is 0.348 e. The second-order valence-corrected chi connectivity index (χ2v) is 4.76. The summed E-state index contributed by atoms with van der Waals surface area (Å²) >= 11 is 1.62. The van der Waals surface area contributed by atoms with E-state index in [4.69, 9.17) is 4.74 Å². The molecule has 0 aromatic carbocycles. The number of carbonyl (C=O) groups is 1. The smallest absolute Gasteiger partial charge is 0.348 e. The van der Waals surface area contributed by atoms with Crippen molar-refractivity contribution >= 4 is 17.3 Å². The third-order valence-corrected chi connectivity index (χ3v) is 4.18. The van der Waals surface area contributed by atoms with Gasteiger partial charge in [-0.3, -0.25) is 0 Å². The van der Waals surface area contributed by atoms with Crippen LogP contribution in [0, 0.1) is 6.92 Å². The maximum atomic E-state index is 11.4. The van der Waals surface area contributed by atoms with Gasteiger partial charge in [0.05, 0.1) is 7.11 Å². The first kappa shape index (κ1) is 13.2. The molecule has 0 saturated carbocycles. The van der Waals surface area contributed by atoms with Crippen molar-refractivity contribution in [2.45, 2.75) is 46.5 Å².